The van der Waals surface area contributed by atoms with Crippen molar-refractivity contribution < 1.29 is 14.7 Å². The highest BCUT2D eigenvalue weighted by atomic mass is 32.1. The Labute approximate surface area is 123 Å². The Kier molecular flexibility index (Phi) is 4.94. The van der Waals surface area contributed by atoms with Crippen LogP contribution in [0.3, 0.4) is 0 Å². The third-order valence-corrected chi connectivity index (χ3v) is 5.08. The summed E-state index contributed by atoms with van der Waals surface area (Å²) in [5, 5.41) is 10.9. The first kappa shape index (κ1) is 15.2. The second-order valence-electron chi connectivity index (χ2n) is 5.53. The maximum Gasteiger partial charge on any atom is 0.263 e. The van der Waals surface area contributed by atoms with Gasteiger partial charge >= 0.3 is 0 Å². The minimum atomic E-state index is -0.00796. The summed E-state index contributed by atoms with van der Waals surface area (Å²) in [6.45, 7) is 1.76. The van der Waals surface area contributed by atoms with E-state index >= 15 is 0 Å². The number of amides is 1. The molecule has 0 spiro atoms. The van der Waals surface area contributed by atoms with E-state index in [4.69, 9.17) is 5.11 Å². The predicted molar refractivity (Wildman–Crippen MR) is 79.2 cm³/mol. The summed E-state index contributed by atoms with van der Waals surface area (Å²) in [4.78, 5) is 26.1. The van der Waals surface area contributed by atoms with Gasteiger partial charge in [-0.3, -0.25) is 9.59 Å². The number of nitrogens with zero attached hydrogens (tertiary/aromatic N) is 1. The molecule has 0 bridgehead atoms. The molecule has 110 valence electrons. The van der Waals surface area contributed by atoms with Crippen molar-refractivity contribution in [2.24, 2.45) is 5.92 Å². The third kappa shape index (κ3) is 3.27. The highest BCUT2D eigenvalue weighted by molar-refractivity contribution is 7.12. The lowest BCUT2D eigenvalue weighted by Gasteiger charge is -2.33. The van der Waals surface area contributed by atoms with Crippen molar-refractivity contribution in [2.75, 3.05) is 13.7 Å². The normalized spacial score (nSPS) is 22.6. The number of rotatable bonds is 4. The molecule has 0 aliphatic heterocycles. The van der Waals surface area contributed by atoms with Crippen LogP contribution in [0.4, 0.5) is 0 Å². The molecule has 0 radical (unpaired) electrons. The van der Waals surface area contributed by atoms with Crippen LogP contribution in [0.5, 0.6) is 0 Å². The van der Waals surface area contributed by atoms with Crippen LogP contribution in [0.25, 0.3) is 0 Å². The standard InChI is InChI=1S/C15H21NO3S/c1-10(18)12-7-14(20-9-12)15(19)16(2)13-5-3-11(8-17)4-6-13/h7,9,11,13,17H,3-6,8H2,1-2H3. The van der Waals surface area contributed by atoms with Gasteiger partial charge in [-0.25, -0.2) is 0 Å². The minimum Gasteiger partial charge on any atom is -0.396 e. The fourth-order valence-corrected chi connectivity index (χ4v) is 3.62. The summed E-state index contributed by atoms with van der Waals surface area (Å²) >= 11 is 1.33. The summed E-state index contributed by atoms with van der Waals surface area (Å²) in [5.74, 6) is 0.377. The van der Waals surface area contributed by atoms with Crippen LogP contribution in [0.15, 0.2) is 11.4 Å². The molecule has 1 fully saturated rings. The number of Topliss-reactive ketones (excluding diaryl/α,β-unsaturated/α-hetero) is 1. The Hall–Kier alpha value is -1.20. The van der Waals surface area contributed by atoms with Crippen molar-refractivity contribution in [1.29, 1.82) is 0 Å². The second-order valence-corrected chi connectivity index (χ2v) is 6.44. The highest BCUT2D eigenvalue weighted by Gasteiger charge is 2.27. The molecule has 1 heterocycles. The van der Waals surface area contributed by atoms with Gasteiger partial charge in [0.25, 0.3) is 5.91 Å². The molecular weight excluding hydrogens is 274 g/mol. The van der Waals surface area contributed by atoms with E-state index in [1.807, 2.05) is 7.05 Å². The molecule has 0 saturated heterocycles. The Balaban J connectivity index is 1.99. The second kappa shape index (κ2) is 6.50. The molecule has 2 rings (SSSR count). The van der Waals surface area contributed by atoms with Gasteiger partial charge in [0.2, 0.25) is 0 Å². The lowest BCUT2D eigenvalue weighted by Crippen LogP contribution is -2.39. The Morgan fingerprint density at radius 2 is 2.00 bits per heavy atom. The van der Waals surface area contributed by atoms with Crippen molar-refractivity contribution in [1.82, 2.24) is 4.90 Å². The number of carbonyl (C=O) groups excluding carboxylic acids is 2. The molecule has 4 nitrogen and oxygen atoms in total. The molecule has 1 aromatic rings. The van der Waals surface area contributed by atoms with Crippen LogP contribution in [0.2, 0.25) is 0 Å². The average molecular weight is 295 g/mol. The number of hydrogen-bond donors (Lipinski definition) is 1. The van der Waals surface area contributed by atoms with E-state index in [1.165, 1.54) is 18.3 Å². The molecule has 0 atom stereocenters. The Bertz CT molecular complexity index is 489. The van der Waals surface area contributed by atoms with Crippen molar-refractivity contribution in [2.45, 2.75) is 38.6 Å². The Morgan fingerprint density at radius 3 is 2.50 bits per heavy atom. The zero-order valence-corrected chi connectivity index (χ0v) is 12.8. The smallest absolute Gasteiger partial charge is 0.263 e. The zero-order valence-electron chi connectivity index (χ0n) is 12.0. The van der Waals surface area contributed by atoms with Crippen LogP contribution in [-0.2, 0) is 0 Å². The van der Waals surface area contributed by atoms with Crippen LogP contribution < -0.4 is 0 Å². The van der Waals surface area contributed by atoms with Gasteiger partial charge in [-0.2, -0.15) is 0 Å². The number of ketones is 1. The number of thiophene rings is 1. The van der Waals surface area contributed by atoms with Gasteiger partial charge in [-0.1, -0.05) is 0 Å². The number of aliphatic hydroxyl groups is 1. The van der Waals surface area contributed by atoms with Gasteiger partial charge in [0.1, 0.15) is 0 Å². The van der Waals surface area contributed by atoms with Crippen molar-refractivity contribution in [3.05, 3.63) is 21.9 Å². The molecular formula is C15H21NO3S. The monoisotopic (exact) mass is 295 g/mol. The quantitative estimate of drug-likeness (QED) is 0.869. The van der Waals surface area contributed by atoms with E-state index in [9.17, 15) is 9.59 Å². The summed E-state index contributed by atoms with van der Waals surface area (Å²) < 4.78 is 0. The van der Waals surface area contributed by atoms with Gasteiger partial charge in [0.05, 0.1) is 4.88 Å². The zero-order chi connectivity index (χ0) is 14.7. The van der Waals surface area contributed by atoms with Crippen LogP contribution in [0.1, 0.15) is 52.6 Å². The highest BCUT2D eigenvalue weighted by Crippen LogP contribution is 2.28. The van der Waals surface area contributed by atoms with Crippen LogP contribution in [0, 0.1) is 5.92 Å². The van der Waals surface area contributed by atoms with E-state index in [1.54, 1.807) is 16.3 Å². The van der Waals surface area contributed by atoms with Crippen molar-refractivity contribution in [3.63, 3.8) is 0 Å². The lowest BCUT2D eigenvalue weighted by atomic mass is 9.86. The topological polar surface area (TPSA) is 57.6 Å². The molecule has 0 unspecified atom stereocenters. The molecule has 20 heavy (non-hydrogen) atoms. The van der Waals surface area contributed by atoms with Gasteiger partial charge in [-0.15, -0.1) is 11.3 Å². The van der Waals surface area contributed by atoms with E-state index < -0.39 is 0 Å². The molecule has 1 N–H and O–H groups in total. The van der Waals surface area contributed by atoms with E-state index in [0.717, 1.165) is 25.7 Å². The number of carbonyl (C=O) groups is 2. The molecule has 0 aromatic carbocycles. The average Bonchev–Trinajstić information content (AvgIpc) is 2.96. The molecule has 1 aliphatic carbocycles. The van der Waals surface area contributed by atoms with Crippen LogP contribution in [-0.4, -0.2) is 41.4 Å². The maximum atomic E-state index is 12.4. The Morgan fingerprint density at radius 1 is 1.35 bits per heavy atom. The first-order valence-corrected chi connectivity index (χ1v) is 7.88. The SMILES string of the molecule is CC(=O)c1csc(C(=O)N(C)C2CCC(CO)CC2)c1. The molecule has 5 heteroatoms. The van der Waals surface area contributed by atoms with Crippen molar-refractivity contribution >= 4 is 23.0 Å². The van der Waals surface area contributed by atoms with E-state index in [0.29, 0.717) is 16.4 Å². The van der Waals surface area contributed by atoms with Crippen LogP contribution >= 0.6 is 11.3 Å². The molecule has 1 aliphatic rings. The number of hydrogen-bond acceptors (Lipinski definition) is 4. The van der Waals surface area contributed by atoms with Crippen molar-refractivity contribution in [3.8, 4) is 0 Å². The predicted octanol–water partition coefficient (Wildman–Crippen LogP) is 2.57. The fourth-order valence-electron chi connectivity index (χ4n) is 2.69. The van der Waals surface area contributed by atoms with E-state index in [2.05, 4.69) is 0 Å². The molecule has 1 aromatic heterocycles. The van der Waals surface area contributed by atoms with Gasteiger partial charge in [0, 0.05) is 30.6 Å². The molecule has 1 saturated carbocycles. The number of aliphatic hydroxyl groups excluding tert-OH is 1. The summed E-state index contributed by atoms with van der Waals surface area (Å²) in [7, 11) is 1.83. The molecule has 1 amide bonds. The van der Waals surface area contributed by atoms with Gasteiger partial charge in [-0.05, 0) is 44.6 Å². The van der Waals surface area contributed by atoms with Gasteiger partial charge in [0.15, 0.2) is 5.78 Å². The fraction of sp³-hybridized carbons (Fsp3) is 0.600. The summed E-state index contributed by atoms with van der Waals surface area (Å²) in [6.07, 6.45) is 3.83. The first-order chi connectivity index (χ1) is 9.52. The lowest BCUT2D eigenvalue weighted by molar-refractivity contribution is 0.0657. The maximum absolute atomic E-state index is 12.4. The third-order valence-electron chi connectivity index (χ3n) is 4.16. The minimum absolute atomic E-state index is 0.00468. The summed E-state index contributed by atoms with van der Waals surface area (Å²) in [6, 6.07) is 1.93. The first-order valence-electron chi connectivity index (χ1n) is 7.00. The van der Waals surface area contributed by atoms with Gasteiger partial charge < -0.3 is 10.0 Å². The largest absolute Gasteiger partial charge is 0.396 e. The summed E-state index contributed by atoms with van der Waals surface area (Å²) in [5.41, 5.74) is 0.607. The van der Waals surface area contributed by atoms with E-state index in [-0.39, 0.29) is 24.3 Å².